The number of hydrazone groups is 1. The highest BCUT2D eigenvalue weighted by atomic mass is 16.5. The van der Waals surface area contributed by atoms with Gasteiger partial charge in [0.1, 0.15) is 11.5 Å². The normalized spacial score (nSPS) is 15.9. The summed E-state index contributed by atoms with van der Waals surface area (Å²) in [5.41, 5.74) is 5.39. The van der Waals surface area contributed by atoms with Crippen molar-refractivity contribution in [1.82, 2.24) is 5.43 Å². The van der Waals surface area contributed by atoms with Gasteiger partial charge in [-0.25, -0.2) is 0 Å². The zero-order chi connectivity index (χ0) is 19.8. The van der Waals surface area contributed by atoms with E-state index in [-0.39, 0.29) is 11.7 Å². The van der Waals surface area contributed by atoms with Crippen molar-refractivity contribution < 1.29 is 9.53 Å². The van der Waals surface area contributed by atoms with Gasteiger partial charge in [-0.2, -0.15) is 5.10 Å². The first-order valence-corrected chi connectivity index (χ1v) is 9.66. The Labute approximate surface area is 168 Å². The van der Waals surface area contributed by atoms with E-state index >= 15 is 0 Å². The maximum Gasteiger partial charge on any atom is 0.209 e. The fourth-order valence-corrected chi connectivity index (χ4v) is 4.16. The van der Waals surface area contributed by atoms with E-state index in [0.29, 0.717) is 17.8 Å². The van der Waals surface area contributed by atoms with E-state index in [1.54, 1.807) is 31.4 Å². The van der Waals surface area contributed by atoms with Crippen molar-refractivity contribution in [2.24, 2.45) is 5.10 Å². The summed E-state index contributed by atoms with van der Waals surface area (Å²) < 4.78 is 5.21. The summed E-state index contributed by atoms with van der Waals surface area (Å²) in [5.74, 6) is 0.560. The molecule has 1 heterocycles. The number of ether oxygens (including phenoxy) is 1. The molecule has 0 fully saturated rings. The summed E-state index contributed by atoms with van der Waals surface area (Å²) in [7, 11) is 1.61. The number of benzene rings is 4. The predicted molar refractivity (Wildman–Crippen MR) is 117 cm³/mol. The van der Waals surface area contributed by atoms with Gasteiger partial charge >= 0.3 is 0 Å². The standard InChI is InChI=1S/C25H20N2O2/c1-29-19-12-10-16(11-13-19)25(28)24-22(15-26-27-24)23-20-8-4-2-6-17(20)14-18-7-3-5-9-21(18)23/h2-14,22,26H,15H2,1H3/t22-/m1/s1. The smallest absolute Gasteiger partial charge is 0.209 e. The number of Topliss-reactive ketones (excluding diaryl/α,β-unsaturated/α-hetero) is 1. The van der Waals surface area contributed by atoms with E-state index in [9.17, 15) is 4.79 Å². The van der Waals surface area contributed by atoms with Crippen LogP contribution in [0.2, 0.25) is 0 Å². The molecule has 1 aliphatic heterocycles. The van der Waals surface area contributed by atoms with Gasteiger partial charge in [0, 0.05) is 12.1 Å². The van der Waals surface area contributed by atoms with Crippen molar-refractivity contribution in [1.29, 1.82) is 0 Å². The van der Waals surface area contributed by atoms with Crippen LogP contribution in [0.1, 0.15) is 21.8 Å². The van der Waals surface area contributed by atoms with Gasteiger partial charge in [0.25, 0.3) is 0 Å². The Morgan fingerprint density at radius 2 is 1.55 bits per heavy atom. The number of hydrogen-bond donors (Lipinski definition) is 1. The molecule has 1 N–H and O–H groups in total. The van der Waals surface area contributed by atoms with Crippen molar-refractivity contribution in [3.05, 3.63) is 90.0 Å². The lowest BCUT2D eigenvalue weighted by Gasteiger charge is -2.18. The molecule has 0 bridgehead atoms. The van der Waals surface area contributed by atoms with Crippen LogP contribution in [0.4, 0.5) is 0 Å². The number of rotatable bonds is 4. The molecule has 142 valence electrons. The van der Waals surface area contributed by atoms with Crippen LogP contribution in [-0.4, -0.2) is 25.1 Å². The average molecular weight is 380 g/mol. The van der Waals surface area contributed by atoms with Gasteiger partial charge in [-0.15, -0.1) is 0 Å². The Morgan fingerprint density at radius 1 is 0.931 bits per heavy atom. The molecule has 0 saturated heterocycles. The Kier molecular flexibility index (Phi) is 4.24. The minimum absolute atomic E-state index is 0.0559. The molecule has 4 heteroatoms. The van der Waals surface area contributed by atoms with Crippen LogP contribution in [0.25, 0.3) is 21.5 Å². The molecule has 4 aromatic rings. The van der Waals surface area contributed by atoms with Crippen molar-refractivity contribution in [3.8, 4) is 5.75 Å². The molecule has 1 aliphatic rings. The van der Waals surface area contributed by atoms with Crippen LogP contribution in [0.3, 0.4) is 0 Å². The Bertz CT molecular complexity index is 1210. The van der Waals surface area contributed by atoms with Gasteiger partial charge in [-0.1, -0.05) is 48.5 Å². The lowest BCUT2D eigenvalue weighted by molar-refractivity contribution is 0.106. The Hall–Kier alpha value is -3.66. The van der Waals surface area contributed by atoms with Crippen LogP contribution in [0, 0.1) is 0 Å². The maximum atomic E-state index is 13.3. The van der Waals surface area contributed by atoms with Crippen molar-refractivity contribution in [2.75, 3.05) is 13.7 Å². The first-order valence-electron chi connectivity index (χ1n) is 9.66. The molecule has 0 unspecified atom stereocenters. The SMILES string of the molecule is COc1ccc(C(=O)C2=NNC[C@@H]2c2c3ccccc3cc3ccccc23)cc1. The second-order valence-corrected chi connectivity index (χ2v) is 7.20. The summed E-state index contributed by atoms with van der Waals surface area (Å²) >= 11 is 0. The third kappa shape index (κ3) is 2.93. The molecule has 4 nitrogen and oxygen atoms in total. The first-order chi connectivity index (χ1) is 14.3. The van der Waals surface area contributed by atoms with Gasteiger partial charge in [0.05, 0.1) is 13.0 Å². The molecule has 0 aromatic heterocycles. The predicted octanol–water partition coefficient (Wildman–Crippen LogP) is 4.93. The molecule has 0 spiro atoms. The zero-order valence-corrected chi connectivity index (χ0v) is 16.1. The highest BCUT2D eigenvalue weighted by molar-refractivity contribution is 6.48. The third-order valence-electron chi connectivity index (χ3n) is 5.57. The number of nitrogens with one attached hydrogen (secondary N) is 1. The average Bonchev–Trinajstić information content (AvgIpc) is 3.26. The number of carbonyl (C=O) groups is 1. The van der Waals surface area contributed by atoms with E-state index in [0.717, 1.165) is 22.1 Å². The van der Waals surface area contributed by atoms with E-state index in [2.05, 4.69) is 40.9 Å². The molecular weight excluding hydrogens is 360 g/mol. The molecular formula is C25H20N2O2. The van der Waals surface area contributed by atoms with Crippen molar-refractivity contribution in [3.63, 3.8) is 0 Å². The molecule has 1 atom stereocenters. The van der Waals surface area contributed by atoms with Crippen molar-refractivity contribution in [2.45, 2.75) is 5.92 Å². The summed E-state index contributed by atoms with van der Waals surface area (Å²) in [6, 6.07) is 26.1. The zero-order valence-electron chi connectivity index (χ0n) is 16.1. The van der Waals surface area contributed by atoms with Crippen LogP contribution in [0.15, 0.2) is 84.0 Å². The summed E-state index contributed by atoms with van der Waals surface area (Å²) in [5, 5.41) is 9.08. The maximum absolute atomic E-state index is 13.3. The van der Waals surface area contributed by atoms with Crippen LogP contribution in [0.5, 0.6) is 5.75 Å². The number of ketones is 1. The lowest BCUT2D eigenvalue weighted by atomic mass is 9.84. The van der Waals surface area contributed by atoms with Gasteiger partial charge in [-0.3, -0.25) is 4.79 Å². The van der Waals surface area contributed by atoms with Gasteiger partial charge in [0.15, 0.2) is 0 Å². The molecule has 5 rings (SSSR count). The first kappa shape index (κ1) is 17.4. The fraction of sp³-hybridized carbons (Fsp3) is 0.120. The Balaban J connectivity index is 1.65. The minimum atomic E-state index is -0.111. The highest BCUT2D eigenvalue weighted by Gasteiger charge is 2.31. The number of nitrogens with zero attached hydrogens (tertiary/aromatic N) is 1. The molecule has 0 saturated carbocycles. The minimum Gasteiger partial charge on any atom is -0.497 e. The monoisotopic (exact) mass is 380 g/mol. The van der Waals surface area contributed by atoms with Crippen LogP contribution < -0.4 is 10.2 Å². The molecule has 0 radical (unpaired) electrons. The van der Waals surface area contributed by atoms with E-state index in [1.165, 1.54) is 10.8 Å². The summed E-state index contributed by atoms with van der Waals surface area (Å²) in [6.45, 7) is 0.606. The topological polar surface area (TPSA) is 50.7 Å². The highest BCUT2D eigenvalue weighted by Crippen LogP contribution is 2.36. The quantitative estimate of drug-likeness (QED) is 0.404. The summed E-state index contributed by atoms with van der Waals surface area (Å²) in [6.07, 6.45) is 0. The fourth-order valence-electron chi connectivity index (χ4n) is 4.16. The summed E-state index contributed by atoms with van der Waals surface area (Å²) in [4.78, 5) is 13.3. The lowest BCUT2D eigenvalue weighted by Crippen LogP contribution is -2.22. The second kappa shape index (κ2) is 7.06. The van der Waals surface area contributed by atoms with E-state index in [4.69, 9.17) is 4.74 Å². The van der Waals surface area contributed by atoms with Crippen molar-refractivity contribution >= 4 is 33.0 Å². The Morgan fingerprint density at radius 3 is 2.17 bits per heavy atom. The third-order valence-corrected chi connectivity index (χ3v) is 5.57. The van der Waals surface area contributed by atoms with Gasteiger partial charge in [0.2, 0.25) is 5.78 Å². The van der Waals surface area contributed by atoms with Gasteiger partial charge in [-0.05, 0) is 57.4 Å². The van der Waals surface area contributed by atoms with E-state index in [1.807, 2.05) is 24.3 Å². The molecule has 29 heavy (non-hydrogen) atoms. The number of fused-ring (bicyclic) bond motifs is 2. The molecule has 4 aromatic carbocycles. The second-order valence-electron chi connectivity index (χ2n) is 7.20. The number of carbonyl (C=O) groups excluding carboxylic acids is 1. The number of hydrogen-bond acceptors (Lipinski definition) is 4. The largest absolute Gasteiger partial charge is 0.497 e. The van der Waals surface area contributed by atoms with Crippen LogP contribution >= 0.6 is 0 Å². The van der Waals surface area contributed by atoms with Gasteiger partial charge < -0.3 is 10.2 Å². The molecule has 0 aliphatic carbocycles. The van der Waals surface area contributed by atoms with Crippen LogP contribution in [-0.2, 0) is 0 Å². The van der Waals surface area contributed by atoms with E-state index < -0.39 is 0 Å². The number of methoxy groups -OCH3 is 1. The molecule has 0 amide bonds.